The van der Waals surface area contributed by atoms with Gasteiger partial charge in [0.25, 0.3) is 0 Å². The van der Waals surface area contributed by atoms with Crippen molar-refractivity contribution in [3.8, 4) is 0 Å². The van der Waals surface area contributed by atoms with Crippen molar-refractivity contribution in [3.63, 3.8) is 0 Å². The second-order valence-electron chi connectivity index (χ2n) is 5.39. The number of nitrogens with two attached hydrogens (primary N) is 1. The molecule has 0 unspecified atom stereocenters. The fourth-order valence-electron chi connectivity index (χ4n) is 2.72. The van der Waals surface area contributed by atoms with Crippen LogP contribution in [-0.4, -0.2) is 16.3 Å². The molecule has 1 aromatic heterocycles. The van der Waals surface area contributed by atoms with E-state index >= 15 is 0 Å². The van der Waals surface area contributed by atoms with Crippen LogP contribution in [0.4, 0.5) is 11.5 Å². The van der Waals surface area contributed by atoms with Gasteiger partial charge < -0.3 is 10.6 Å². The first-order valence-corrected chi connectivity index (χ1v) is 6.81. The normalized spacial score (nSPS) is 14.2. The number of hydrogen-bond acceptors (Lipinski definition) is 3. The smallest absolute Gasteiger partial charge is 0.126 e. The predicted octanol–water partition coefficient (Wildman–Crippen LogP) is 2.61. The lowest BCUT2D eigenvalue weighted by atomic mass is 10.2. The first-order valence-electron chi connectivity index (χ1n) is 6.81. The van der Waals surface area contributed by atoms with Crippen molar-refractivity contribution >= 4 is 11.5 Å². The van der Waals surface area contributed by atoms with E-state index in [2.05, 4.69) is 48.1 Å². The monoisotopic (exact) mass is 256 g/mol. The number of anilines is 2. The Kier molecular flexibility index (Phi) is 2.93. The van der Waals surface area contributed by atoms with Gasteiger partial charge in [0.05, 0.1) is 6.20 Å². The molecular weight excluding hydrogens is 236 g/mol. The lowest BCUT2D eigenvalue weighted by molar-refractivity contribution is 0.540. The van der Waals surface area contributed by atoms with Crippen molar-refractivity contribution in [1.29, 1.82) is 0 Å². The van der Waals surface area contributed by atoms with E-state index < -0.39 is 0 Å². The van der Waals surface area contributed by atoms with E-state index in [1.807, 2.05) is 10.9 Å². The van der Waals surface area contributed by atoms with Crippen LogP contribution in [0.1, 0.15) is 31.0 Å². The lowest BCUT2D eigenvalue weighted by Gasteiger charge is -2.19. The lowest BCUT2D eigenvalue weighted by Crippen LogP contribution is -2.20. The molecule has 2 heterocycles. The standard InChI is InChI=1S/C15H20N4/c1-11(2)19-15(16)13(9-17-19)10-18-8-7-12-5-3-4-6-14(12)18/h3-6,9,11H,7-8,10,16H2,1-2H3. The number of fused-ring (bicyclic) bond motifs is 1. The molecule has 0 spiro atoms. The second-order valence-corrected chi connectivity index (χ2v) is 5.39. The van der Waals surface area contributed by atoms with Gasteiger partial charge in [-0.05, 0) is 31.9 Å². The summed E-state index contributed by atoms with van der Waals surface area (Å²) in [6.07, 6.45) is 3.02. The first-order chi connectivity index (χ1) is 9.16. The van der Waals surface area contributed by atoms with Gasteiger partial charge in [0.1, 0.15) is 5.82 Å². The molecule has 1 aliphatic rings. The molecule has 0 aliphatic carbocycles. The Bertz CT molecular complexity index is 586. The molecular formula is C15H20N4. The fraction of sp³-hybridized carbons (Fsp3) is 0.400. The molecule has 4 heteroatoms. The van der Waals surface area contributed by atoms with Gasteiger partial charge in [0.2, 0.25) is 0 Å². The number of aromatic nitrogens is 2. The van der Waals surface area contributed by atoms with Gasteiger partial charge >= 0.3 is 0 Å². The minimum absolute atomic E-state index is 0.305. The molecule has 0 radical (unpaired) electrons. The van der Waals surface area contributed by atoms with E-state index in [0.29, 0.717) is 6.04 Å². The van der Waals surface area contributed by atoms with Gasteiger partial charge in [-0.3, -0.25) is 0 Å². The van der Waals surface area contributed by atoms with E-state index in [4.69, 9.17) is 5.73 Å². The van der Waals surface area contributed by atoms with Crippen LogP contribution in [0.2, 0.25) is 0 Å². The van der Waals surface area contributed by atoms with E-state index in [9.17, 15) is 0 Å². The van der Waals surface area contributed by atoms with Crippen LogP contribution in [0.3, 0.4) is 0 Å². The van der Waals surface area contributed by atoms with Gasteiger partial charge in [0.15, 0.2) is 0 Å². The van der Waals surface area contributed by atoms with Gasteiger partial charge in [0, 0.05) is 30.4 Å². The third-order valence-electron chi connectivity index (χ3n) is 3.75. The molecule has 0 atom stereocenters. The molecule has 0 saturated carbocycles. The zero-order chi connectivity index (χ0) is 13.4. The highest BCUT2D eigenvalue weighted by molar-refractivity contribution is 5.58. The van der Waals surface area contributed by atoms with Crippen molar-refractivity contribution in [2.75, 3.05) is 17.2 Å². The molecule has 100 valence electrons. The molecule has 2 N–H and O–H groups in total. The van der Waals surface area contributed by atoms with Crippen molar-refractivity contribution in [1.82, 2.24) is 9.78 Å². The van der Waals surface area contributed by atoms with Crippen molar-refractivity contribution in [3.05, 3.63) is 41.6 Å². The summed E-state index contributed by atoms with van der Waals surface area (Å²) in [5.74, 6) is 0.791. The summed E-state index contributed by atoms with van der Waals surface area (Å²) in [6.45, 7) is 6.10. The van der Waals surface area contributed by atoms with Crippen LogP contribution in [0.25, 0.3) is 0 Å². The minimum Gasteiger partial charge on any atom is -0.384 e. The largest absolute Gasteiger partial charge is 0.384 e. The molecule has 1 aliphatic heterocycles. The molecule has 2 aromatic rings. The van der Waals surface area contributed by atoms with Crippen LogP contribution in [0.5, 0.6) is 0 Å². The van der Waals surface area contributed by atoms with Crippen molar-refractivity contribution in [2.45, 2.75) is 32.9 Å². The summed E-state index contributed by atoms with van der Waals surface area (Å²) in [5, 5.41) is 4.38. The zero-order valence-corrected chi connectivity index (χ0v) is 11.5. The molecule has 0 amide bonds. The highest BCUT2D eigenvalue weighted by atomic mass is 15.3. The summed E-state index contributed by atoms with van der Waals surface area (Å²) in [6, 6.07) is 8.90. The molecule has 0 bridgehead atoms. The first kappa shape index (κ1) is 12.1. The van der Waals surface area contributed by atoms with Crippen LogP contribution in [0, 0.1) is 0 Å². The van der Waals surface area contributed by atoms with E-state index in [-0.39, 0.29) is 0 Å². The topological polar surface area (TPSA) is 47.1 Å². The van der Waals surface area contributed by atoms with Crippen LogP contribution >= 0.6 is 0 Å². The molecule has 0 saturated heterocycles. The Morgan fingerprint density at radius 2 is 2.11 bits per heavy atom. The zero-order valence-electron chi connectivity index (χ0n) is 11.5. The summed E-state index contributed by atoms with van der Waals surface area (Å²) >= 11 is 0. The van der Waals surface area contributed by atoms with Crippen LogP contribution < -0.4 is 10.6 Å². The molecule has 1 aromatic carbocycles. The second kappa shape index (κ2) is 4.61. The summed E-state index contributed by atoms with van der Waals surface area (Å²) < 4.78 is 1.89. The summed E-state index contributed by atoms with van der Waals surface area (Å²) in [7, 11) is 0. The SMILES string of the molecule is CC(C)n1ncc(CN2CCc3ccccc32)c1N. The van der Waals surface area contributed by atoms with Crippen LogP contribution in [-0.2, 0) is 13.0 Å². The Morgan fingerprint density at radius 1 is 1.32 bits per heavy atom. The third kappa shape index (κ3) is 2.07. The Hall–Kier alpha value is -1.97. The number of para-hydroxylation sites is 1. The predicted molar refractivity (Wildman–Crippen MR) is 78.2 cm³/mol. The maximum atomic E-state index is 6.18. The average molecular weight is 256 g/mol. The van der Waals surface area contributed by atoms with Crippen molar-refractivity contribution < 1.29 is 0 Å². The van der Waals surface area contributed by atoms with Crippen molar-refractivity contribution in [2.24, 2.45) is 0 Å². The Balaban J connectivity index is 1.84. The highest BCUT2D eigenvalue weighted by Gasteiger charge is 2.20. The third-order valence-corrected chi connectivity index (χ3v) is 3.75. The Labute approximate surface area is 113 Å². The fourth-order valence-corrected chi connectivity index (χ4v) is 2.72. The number of hydrogen-bond donors (Lipinski definition) is 1. The summed E-state index contributed by atoms with van der Waals surface area (Å²) in [4.78, 5) is 2.38. The summed E-state index contributed by atoms with van der Waals surface area (Å²) in [5.41, 5.74) is 10.1. The van der Waals surface area contributed by atoms with Gasteiger partial charge in [-0.15, -0.1) is 0 Å². The minimum atomic E-state index is 0.305. The molecule has 0 fully saturated rings. The van der Waals surface area contributed by atoms with Crippen LogP contribution in [0.15, 0.2) is 30.5 Å². The number of nitrogen functional groups attached to an aromatic ring is 1. The molecule has 19 heavy (non-hydrogen) atoms. The molecule has 3 rings (SSSR count). The maximum Gasteiger partial charge on any atom is 0.126 e. The highest BCUT2D eigenvalue weighted by Crippen LogP contribution is 2.30. The molecule has 4 nitrogen and oxygen atoms in total. The van der Waals surface area contributed by atoms with E-state index in [0.717, 1.165) is 30.9 Å². The van der Waals surface area contributed by atoms with Gasteiger partial charge in [-0.25, -0.2) is 4.68 Å². The average Bonchev–Trinajstić information content (AvgIpc) is 2.96. The quantitative estimate of drug-likeness (QED) is 0.918. The van der Waals surface area contributed by atoms with E-state index in [1.54, 1.807) is 0 Å². The number of rotatable bonds is 3. The van der Waals surface area contributed by atoms with Gasteiger partial charge in [-0.1, -0.05) is 18.2 Å². The van der Waals surface area contributed by atoms with Gasteiger partial charge in [-0.2, -0.15) is 5.10 Å². The number of benzene rings is 1. The Morgan fingerprint density at radius 3 is 2.84 bits per heavy atom. The maximum absolute atomic E-state index is 6.18. The number of nitrogens with zero attached hydrogens (tertiary/aromatic N) is 3. The van der Waals surface area contributed by atoms with E-state index in [1.165, 1.54) is 11.3 Å².